The molecule has 1 aromatic carbocycles. The summed E-state index contributed by atoms with van der Waals surface area (Å²) in [6.07, 6.45) is 6.05. The number of benzene rings is 1. The lowest BCUT2D eigenvalue weighted by Crippen LogP contribution is -2.45. The first-order valence-electron chi connectivity index (χ1n) is 6.27. The molecule has 0 radical (unpaired) electrons. The minimum atomic E-state index is -0.442. The van der Waals surface area contributed by atoms with Gasteiger partial charge in [0.15, 0.2) is 0 Å². The van der Waals surface area contributed by atoms with Crippen molar-refractivity contribution in [2.75, 3.05) is 5.32 Å². The van der Waals surface area contributed by atoms with E-state index < -0.39 is 5.41 Å². The van der Waals surface area contributed by atoms with E-state index in [9.17, 15) is 4.79 Å². The van der Waals surface area contributed by atoms with Crippen LogP contribution in [-0.2, 0) is 10.2 Å². The maximum Gasteiger partial charge on any atom is 0.235 e. The van der Waals surface area contributed by atoms with Crippen LogP contribution in [0.25, 0.3) is 0 Å². The number of aromatic amines is 1. The molecule has 5 heteroatoms. The van der Waals surface area contributed by atoms with Crippen LogP contribution in [0.2, 0.25) is 5.02 Å². The van der Waals surface area contributed by atoms with Gasteiger partial charge in [-0.2, -0.15) is 5.10 Å². The maximum atomic E-state index is 12.5. The van der Waals surface area contributed by atoms with Crippen LogP contribution in [0.15, 0.2) is 36.7 Å². The molecule has 1 saturated carbocycles. The first-order valence-corrected chi connectivity index (χ1v) is 6.65. The molecule has 1 heterocycles. The van der Waals surface area contributed by atoms with Crippen molar-refractivity contribution in [3.05, 3.63) is 47.2 Å². The molecule has 0 bridgehead atoms. The fraction of sp³-hybridized carbons (Fsp3) is 0.286. The molecule has 1 aliphatic carbocycles. The zero-order chi connectivity index (χ0) is 13.3. The van der Waals surface area contributed by atoms with Crippen LogP contribution in [0.4, 0.5) is 5.69 Å². The van der Waals surface area contributed by atoms with Gasteiger partial charge in [0, 0.05) is 11.2 Å². The van der Waals surface area contributed by atoms with Gasteiger partial charge in [0.1, 0.15) is 0 Å². The van der Waals surface area contributed by atoms with Gasteiger partial charge in [-0.15, -0.1) is 0 Å². The number of halogens is 1. The highest BCUT2D eigenvalue weighted by Gasteiger charge is 2.45. The lowest BCUT2D eigenvalue weighted by molar-refractivity contribution is -0.124. The number of carbonyl (C=O) groups excluding carboxylic acids is 1. The highest BCUT2D eigenvalue weighted by Crippen LogP contribution is 2.45. The number of nitrogens with zero attached hydrogens (tertiary/aromatic N) is 1. The second kappa shape index (κ2) is 4.70. The van der Waals surface area contributed by atoms with E-state index >= 15 is 0 Å². The standard InChI is InChI=1S/C14H14ClN3O/c15-11-4-1-3-10(7-11)14(5-2-6-14)13(19)18-12-8-16-17-9-12/h1,3-4,7-9H,2,5-6H2,(H,16,17)(H,18,19). The van der Waals surface area contributed by atoms with Crippen molar-refractivity contribution in [1.82, 2.24) is 10.2 Å². The molecule has 19 heavy (non-hydrogen) atoms. The molecule has 1 aliphatic rings. The van der Waals surface area contributed by atoms with Crippen molar-refractivity contribution in [2.24, 2.45) is 0 Å². The first kappa shape index (κ1) is 12.2. The number of H-pyrrole nitrogens is 1. The minimum absolute atomic E-state index is 0.0161. The number of aromatic nitrogens is 2. The number of anilines is 1. The summed E-state index contributed by atoms with van der Waals surface area (Å²) in [6.45, 7) is 0. The molecular formula is C14H14ClN3O. The van der Waals surface area contributed by atoms with Crippen LogP contribution in [0, 0.1) is 0 Å². The van der Waals surface area contributed by atoms with Gasteiger partial charge in [0.2, 0.25) is 5.91 Å². The molecule has 1 fully saturated rings. The molecule has 1 aromatic heterocycles. The molecule has 2 N–H and O–H groups in total. The fourth-order valence-corrected chi connectivity index (χ4v) is 2.72. The normalized spacial score (nSPS) is 16.7. The zero-order valence-electron chi connectivity index (χ0n) is 10.3. The Morgan fingerprint density at radius 1 is 1.42 bits per heavy atom. The predicted octanol–water partition coefficient (Wildman–Crippen LogP) is 3.12. The quantitative estimate of drug-likeness (QED) is 0.904. The lowest BCUT2D eigenvalue weighted by Gasteiger charge is -2.40. The van der Waals surface area contributed by atoms with Gasteiger partial charge in [0.05, 0.1) is 17.3 Å². The van der Waals surface area contributed by atoms with E-state index in [2.05, 4.69) is 15.5 Å². The molecule has 4 nitrogen and oxygen atoms in total. The van der Waals surface area contributed by atoms with E-state index in [1.807, 2.05) is 24.3 Å². The summed E-state index contributed by atoms with van der Waals surface area (Å²) in [5.41, 5.74) is 1.24. The van der Waals surface area contributed by atoms with E-state index in [0.29, 0.717) is 10.7 Å². The summed E-state index contributed by atoms with van der Waals surface area (Å²) in [4.78, 5) is 12.5. The molecule has 0 spiro atoms. The Labute approximate surface area is 116 Å². The minimum Gasteiger partial charge on any atom is -0.323 e. The Hall–Kier alpha value is -1.81. The van der Waals surface area contributed by atoms with E-state index in [1.165, 1.54) is 0 Å². The predicted molar refractivity (Wildman–Crippen MR) is 74.2 cm³/mol. The van der Waals surface area contributed by atoms with Crippen LogP contribution in [0.3, 0.4) is 0 Å². The Kier molecular flexibility index (Phi) is 3.03. The molecule has 0 unspecified atom stereocenters. The monoisotopic (exact) mass is 275 g/mol. The summed E-state index contributed by atoms with van der Waals surface area (Å²) in [5, 5.41) is 10.1. The largest absolute Gasteiger partial charge is 0.323 e. The highest BCUT2D eigenvalue weighted by atomic mass is 35.5. The third-order valence-corrected chi connectivity index (χ3v) is 4.01. The van der Waals surface area contributed by atoms with Gasteiger partial charge < -0.3 is 5.32 Å². The molecular weight excluding hydrogens is 262 g/mol. The number of hydrogen-bond donors (Lipinski definition) is 2. The summed E-state index contributed by atoms with van der Waals surface area (Å²) in [6, 6.07) is 7.57. The third kappa shape index (κ3) is 2.12. The van der Waals surface area contributed by atoms with Gasteiger partial charge in [-0.3, -0.25) is 9.89 Å². The fourth-order valence-electron chi connectivity index (χ4n) is 2.53. The Balaban J connectivity index is 1.88. The van der Waals surface area contributed by atoms with Gasteiger partial charge >= 0.3 is 0 Å². The molecule has 1 amide bonds. The first-order chi connectivity index (χ1) is 9.21. The second-order valence-electron chi connectivity index (χ2n) is 4.89. The molecule has 0 atom stereocenters. The van der Waals surface area contributed by atoms with E-state index in [1.54, 1.807) is 12.4 Å². The highest BCUT2D eigenvalue weighted by molar-refractivity contribution is 6.30. The summed E-state index contributed by atoms with van der Waals surface area (Å²) in [5.74, 6) is 0.0161. The molecule has 2 aromatic rings. The summed E-state index contributed by atoms with van der Waals surface area (Å²) in [7, 11) is 0. The van der Waals surface area contributed by atoms with Crippen molar-refractivity contribution in [3.63, 3.8) is 0 Å². The van der Waals surface area contributed by atoms with E-state index in [0.717, 1.165) is 24.8 Å². The molecule has 0 saturated heterocycles. The van der Waals surface area contributed by atoms with Gasteiger partial charge in [0.25, 0.3) is 0 Å². The SMILES string of the molecule is O=C(Nc1cn[nH]c1)C1(c2cccc(Cl)c2)CCC1. The second-order valence-corrected chi connectivity index (χ2v) is 5.32. The van der Waals surface area contributed by atoms with Crippen LogP contribution < -0.4 is 5.32 Å². The zero-order valence-corrected chi connectivity index (χ0v) is 11.1. The van der Waals surface area contributed by atoms with Crippen molar-refractivity contribution in [3.8, 4) is 0 Å². The number of rotatable bonds is 3. The summed E-state index contributed by atoms with van der Waals surface area (Å²) < 4.78 is 0. The Morgan fingerprint density at radius 2 is 2.26 bits per heavy atom. The van der Waals surface area contributed by atoms with E-state index in [4.69, 9.17) is 11.6 Å². The van der Waals surface area contributed by atoms with Crippen molar-refractivity contribution < 1.29 is 4.79 Å². The number of amides is 1. The van der Waals surface area contributed by atoms with Crippen molar-refractivity contribution in [1.29, 1.82) is 0 Å². The van der Waals surface area contributed by atoms with Gasteiger partial charge in [-0.25, -0.2) is 0 Å². The summed E-state index contributed by atoms with van der Waals surface area (Å²) >= 11 is 6.03. The molecule has 98 valence electrons. The van der Waals surface area contributed by atoms with Crippen LogP contribution in [0.1, 0.15) is 24.8 Å². The van der Waals surface area contributed by atoms with Gasteiger partial charge in [-0.1, -0.05) is 30.2 Å². The Bertz CT molecular complexity index is 590. The average molecular weight is 276 g/mol. The molecule has 0 aliphatic heterocycles. The number of nitrogens with one attached hydrogen (secondary N) is 2. The van der Waals surface area contributed by atoms with E-state index in [-0.39, 0.29) is 5.91 Å². The van der Waals surface area contributed by atoms with Crippen LogP contribution in [-0.4, -0.2) is 16.1 Å². The van der Waals surface area contributed by atoms with Crippen molar-refractivity contribution in [2.45, 2.75) is 24.7 Å². The van der Waals surface area contributed by atoms with Crippen LogP contribution in [0.5, 0.6) is 0 Å². The van der Waals surface area contributed by atoms with Gasteiger partial charge in [-0.05, 0) is 30.5 Å². The van der Waals surface area contributed by atoms with Crippen LogP contribution >= 0.6 is 11.6 Å². The smallest absolute Gasteiger partial charge is 0.235 e. The Morgan fingerprint density at radius 3 is 2.84 bits per heavy atom. The maximum absolute atomic E-state index is 12.5. The molecule has 3 rings (SSSR count). The lowest BCUT2D eigenvalue weighted by atomic mass is 9.64. The average Bonchev–Trinajstić information content (AvgIpc) is 2.80. The number of carbonyl (C=O) groups is 1. The van der Waals surface area contributed by atoms with Crippen molar-refractivity contribution >= 4 is 23.2 Å². The third-order valence-electron chi connectivity index (χ3n) is 3.78. The topological polar surface area (TPSA) is 57.8 Å². The number of hydrogen-bond acceptors (Lipinski definition) is 2.